The lowest BCUT2D eigenvalue weighted by atomic mass is 9.95. The Morgan fingerprint density at radius 2 is 1.95 bits per heavy atom. The maximum Gasteiger partial charge on any atom is 0.391 e. The van der Waals surface area contributed by atoms with Crippen molar-refractivity contribution >= 4 is 27.5 Å². The van der Waals surface area contributed by atoms with Gasteiger partial charge in [-0.1, -0.05) is 21.1 Å². The average Bonchev–Trinajstić information content (AvgIpc) is 2.45. The van der Waals surface area contributed by atoms with Crippen LogP contribution in [0.1, 0.15) is 18.4 Å². The normalized spacial score (nSPS) is 18.1. The molecule has 1 heterocycles. The Morgan fingerprint density at radius 3 is 2.48 bits per heavy atom. The Morgan fingerprint density at radius 1 is 1.33 bits per heavy atom. The van der Waals surface area contributed by atoms with Crippen molar-refractivity contribution in [2.75, 3.05) is 18.0 Å². The molecule has 1 aliphatic rings. The van der Waals surface area contributed by atoms with Crippen molar-refractivity contribution in [3.8, 4) is 0 Å². The zero-order valence-corrected chi connectivity index (χ0v) is 12.7. The van der Waals surface area contributed by atoms with Crippen LogP contribution >= 0.6 is 15.9 Å². The van der Waals surface area contributed by atoms with Crippen LogP contribution in [0.2, 0.25) is 0 Å². The third kappa shape index (κ3) is 3.61. The van der Waals surface area contributed by atoms with E-state index in [0.717, 1.165) is 4.47 Å². The van der Waals surface area contributed by atoms with E-state index in [1.807, 2.05) is 4.90 Å². The van der Waals surface area contributed by atoms with Gasteiger partial charge in [0.1, 0.15) is 0 Å². The first-order valence-electron chi connectivity index (χ1n) is 6.42. The summed E-state index contributed by atoms with van der Waals surface area (Å²) in [5.74, 6) is -1.32. The Bertz CT molecular complexity index is 540. The van der Waals surface area contributed by atoms with Crippen LogP contribution in [0.3, 0.4) is 0 Å². The van der Waals surface area contributed by atoms with Crippen LogP contribution in [0.5, 0.6) is 0 Å². The molecule has 0 aliphatic carbocycles. The Labute approximate surface area is 128 Å². The molecule has 116 valence electrons. The van der Waals surface area contributed by atoms with E-state index in [1.165, 1.54) is 0 Å². The van der Waals surface area contributed by atoms with E-state index < -0.39 is 12.1 Å². The van der Waals surface area contributed by atoms with E-state index in [1.54, 1.807) is 18.2 Å². The molecule has 1 aromatic carbocycles. The number of piperidine rings is 1. The quantitative estimate of drug-likeness (QED) is 0.365. The van der Waals surface area contributed by atoms with E-state index >= 15 is 0 Å². The molecule has 0 unspecified atom stereocenters. The van der Waals surface area contributed by atoms with Gasteiger partial charge in [-0.2, -0.15) is 13.2 Å². The van der Waals surface area contributed by atoms with Gasteiger partial charge < -0.3 is 15.8 Å². The number of oxime groups is 1. The van der Waals surface area contributed by atoms with Crippen LogP contribution in [0.15, 0.2) is 27.8 Å². The van der Waals surface area contributed by atoms with Gasteiger partial charge in [-0.25, -0.2) is 0 Å². The van der Waals surface area contributed by atoms with Gasteiger partial charge in [-0.15, -0.1) is 0 Å². The minimum absolute atomic E-state index is 0.0508. The van der Waals surface area contributed by atoms with Gasteiger partial charge >= 0.3 is 6.18 Å². The molecule has 3 N–H and O–H groups in total. The number of alkyl halides is 3. The molecule has 0 atom stereocenters. The highest BCUT2D eigenvalue weighted by Crippen LogP contribution is 2.36. The van der Waals surface area contributed by atoms with Crippen molar-refractivity contribution in [2.45, 2.75) is 19.0 Å². The van der Waals surface area contributed by atoms with E-state index in [-0.39, 0.29) is 31.8 Å². The van der Waals surface area contributed by atoms with Crippen LogP contribution in [0.4, 0.5) is 18.9 Å². The lowest BCUT2D eigenvalue weighted by Crippen LogP contribution is -2.39. The smallest absolute Gasteiger partial charge is 0.391 e. The van der Waals surface area contributed by atoms with E-state index in [0.29, 0.717) is 11.3 Å². The van der Waals surface area contributed by atoms with Crippen molar-refractivity contribution in [3.63, 3.8) is 0 Å². The topological polar surface area (TPSA) is 61.9 Å². The highest BCUT2D eigenvalue weighted by atomic mass is 79.9. The second-order valence-corrected chi connectivity index (χ2v) is 5.87. The summed E-state index contributed by atoms with van der Waals surface area (Å²) >= 11 is 3.29. The van der Waals surface area contributed by atoms with Gasteiger partial charge in [0.05, 0.1) is 5.92 Å². The van der Waals surface area contributed by atoms with Crippen LogP contribution in [-0.2, 0) is 0 Å². The van der Waals surface area contributed by atoms with Crippen LogP contribution in [0.25, 0.3) is 0 Å². The number of benzene rings is 1. The number of hydrogen-bond acceptors (Lipinski definition) is 3. The lowest BCUT2D eigenvalue weighted by Gasteiger charge is -2.35. The van der Waals surface area contributed by atoms with Gasteiger partial charge in [0.15, 0.2) is 5.84 Å². The number of nitrogens with two attached hydrogens (primary N) is 1. The SMILES string of the molecule is N/C(=N/O)c1cc(Br)ccc1N1CCC(C(F)(F)F)CC1. The molecule has 21 heavy (non-hydrogen) atoms. The highest BCUT2D eigenvalue weighted by molar-refractivity contribution is 9.10. The fourth-order valence-electron chi connectivity index (χ4n) is 2.49. The van der Waals surface area contributed by atoms with Gasteiger partial charge in [0, 0.05) is 28.8 Å². The summed E-state index contributed by atoms with van der Waals surface area (Å²) in [7, 11) is 0. The summed E-state index contributed by atoms with van der Waals surface area (Å²) in [5, 5.41) is 11.8. The molecule has 0 bridgehead atoms. The minimum atomic E-state index is -4.14. The van der Waals surface area contributed by atoms with E-state index in [4.69, 9.17) is 10.9 Å². The molecule has 4 nitrogen and oxygen atoms in total. The molecular weight excluding hydrogens is 351 g/mol. The molecule has 0 aromatic heterocycles. The van der Waals surface area contributed by atoms with Crippen LogP contribution < -0.4 is 10.6 Å². The van der Waals surface area contributed by atoms with Crippen LogP contribution in [-0.4, -0.2) is 30.3 Å². The maximum atomic E-state index is 12.7. The number of rotatable bonds is 2. The van der Waals surface area contributed by atoms with Gasteiger partial charge in [0.2, 0.25) is 0 Å². The van der Waals surface area contributed by atoms with Crippen molar-refractivity contribution in [1.29, 1.82) is 0 Å². The molecular formula is C13H15BrF3N3O. The number of amidine groups is 1. The summed E-state index contributed by atoms with van der Waals surface area (Å²) in [6, 6.07) is 5.21. The standard InChI is InChI=1S/C13H15BrF3N3O/c14-9-1-2-11(10(7-9)12(18)19-21)20-5-3-8(4-6-20)13(15,16)17/h1-2,7-8,21H,3-6H2,(H2,18,19). The summed E-state index contributed by atoms with van der Waals surface area (Å²) < 4.78 is 38.8. The Kier molecular flexibility index (Phi) is 4.65. The lowest BCUT2D eigenvalue weighted by molar-refractivity contribution is -0.179. The molecule has 0 amide bonds. The molecule has 1 fully saturated rings. The minimum Gasteiger partial charge on any atom is -0.409 e. The molecule has 1 aromatic rings. The largest absolute Gasteiger partial charge is 0.409 e. The van der Waals surface area contributed by atoms with Crippen molar-refractivity contribution in [1.82, 2.24) is 0 Å². The van der Waals surface area contributed by atoms with Crippen molar-refractivity contribution < 1.29 is 18.4 Å². The fourth-order valence-corrected chi connectivity index (χ4v) is 2.85. The van der Waals surface area contributed by atoms with E-state index in [9.17, 15) is 13.2 Å². The predicted octanol–water partition coefficient (Wildman–Crippen LogP) is 3.32. The first-order chi connectivity index (χ1) is 9.82. The number of halogens is 4. The monoisotopic (exact) mass is 365 g/mol. The number of nitrogens with zero attached hydrogens (tertiary/aromatic N) is 2. The Hall–Kier alpha value is -1.44. The highest BCUT2D eigenvalue weighted by Gasteiger charge is 2.41. The zero-order chi connectivity index (χ0) is 15.6. The number of anilines is 1. The van der Waals surface area contributed by atoms with Gasteiger partial charge in [0.25, 0.3) is 0 Å². The second kappa shape index (κ2) is 6.13. The molecule has 1 saturated heterocycles. The van der Waals surface area contributed by atoms with Crippen molar-refractivity contribution in [3.05, 3.63) is 28.2 Å². The molecule has 2 rings (SSSR count). The summed E-state index contributed by atoms with van der Waals surface area (Å²) in [6.07, 6.45) is -4.04. The summed E-state index contributed by atoms with van der Waals surface area (Å²) in [4.78, 5) is 1.84. The molecule has 0 saturated carbocycles. The van der Waals surface area contributed by atoms with Gasteiger partial charge in [-0.05, 0) is 31.0 Å². The van der Waals surface area contributed by atoms with E-state index in [2.05, 4.69) is 21.1 Å². The maximum absolute atomic E-state index is 12.7. The van der Waals surface area contributed by atoms with Crippen molar-refractivity contribution in [2.24, 2.45) is 16.8 Å². The molecule has 8 heteroatoms. The predicted molar refractivity (Wildman–Crippen MR) is 77.6 cm³/mol. The summed E-state index contributed by atoms with van der Waals surface area (Å²) in [6.45, 7) is 0.578. The van der Waals surface area contributed by atoms with Crippen LogP contribution in [0, 0.1) is 5.92 Å². The first kappa shape index (κ1) is 15.9. The Balaban J connectivity index is 2.21. The third-order valence-corrected chi connectivity index (χ3v) is 4.13. The molecule has 0 spiro atoms. The second-order valence-electron chi connectivity index (χ2n) is 4.95. The molecule has 0 radical (unpaired) electrons. The zero-order valence-electron chi connectivity index (χ0n) is 11.1. The number of hydrogen-bond donors (Lipinski definition) is 2. The fraction of sp³-hybridized carbons (Fsp3) is 0.462. The summed E-state index contributed by atoms with van der Waals surface area (Å²) in [5.41, 5.74) is 6.81. The first-order valence-corrected chi connectivity index (χ1v) is 7.21. The van der Waals surface area contributed by atoms with Gasteiger partial charge in [-0.3, -0.25) is 0 Å². The third-order valence-electron chi connectivity index (χ3n) is 3.64. The molecule has 1 aliphatic heterocycles. The average molecular weight is 366 g/mol.